The molecule has 7 heteroatoms. The molecule has 2 N–H and O–H groups in total. The maximum Gasteiger partial charge on any atom is 0.225 e. The van der Waals surface area contributed by atoms with Crippen LogP contribution in [-0.4, -0.2) is 17.0 Å². The summed E-state index contributed by atoms with van der Waals surface area (Å²) in [5.74, 6) is -1.57. The molecule has 0 aliphatic rings. The molecule has 1 amide bonds. The van der Waals surface area contributed by atoms with Crippen molar-refractivity contribution in [3.8, 4) is 0 Å². The van der Waals surface area contributed by atoms with Crippen molar-refractivity contribution in [3.05, 3.63) is 28.8 Å². The Morgan fingerprint density at radius 2 is 2.11 bits per heavy atom. The number of carboxylic acid groups (broad SMARTS) is 1. The minimum atomic E-state index is -1.35. The molecule has 0 bridgehead atoms. The Bertz CT molecular complexity index is 505. The largest absolute Gasteiger partial charge is 0.545 e. The molecule has 1 rings (SSSR count). The number of aromatic carboxylic acids is 1. The van der Waals surface area contributed by atoms with Crippen LogP contribution in [0.5, 0.6) is 0 Å². The molecule has 0 aromatic heterocycles. The number of carboxylic acids is 1. The lowest BCUT2D eigenvalue weighted by Gasteiger charge is -2.11. The van der Waals surface area contributed by atoms with Crippen molar-refractivity contribution in [2.45, 2.75) is 13.3 Å². The van der Waals surface area contributed by atoms with Gasteiger partial charge in [-0.3, -0.25) is 4.79 Å². The number of benzene rings is 1. The minimum absolute atomic E-state index is 0.0321. The third-order valence-electron chi connectivity index (χ3n) is 2.02. The third kappa shape index (κ3) is 3.97. The Morgan fingerprint density at radius 3 is 2.61 bits per heavy atom. The van der Waals surface area contributed by atoms with Crippen LogP contribution < -0.4 is 15.7 Å². The Hall–Kier alpha value is -1.66. The molecule has 0 spiro atoms. The molecule has 0 heterocycles. The lowest BCUT2D eigenvalue weighted by Crippen LogP contribution is -2.33. The highest BCUT2D eigenvalue weighted by molar-refractivity contribution is 7.80. The van der Waals surface area contributed by atoms with E-state index in [-0.39, 0.29) is 21.6 Å². The van der Waals surface area contributed by atoms with Gasteiger partial charge in [0.25, 0.3) is 0 Å². The zero-order valence-electron chi connectivity index (χ0n) is 9.45. The summed E-state index contributed by atoms with van der Waals surface area (Å²) in [4.78, 5) is 21.7. The van der Waals surface area contributed by atoms with Gasteiger partial charge in [0, 0.05) is 17.7 Å². The van der Waals surface area contributed by atoms with Crippen molar-refractivity contribution in [2.75, 3.05) is 5.32 Å². The number of halogens is 1. The molecule has 5 nitrogen and oxygen atoms in total. The molecule has 18 heavy (non-hydrogen) atoms. The van der Waals surface area contributed by atoms with Crippen molar-refractivity contribution in [3.63, 3.8) is 0 Å². The first-order chi connectivity index (χ1) is 8.43. The smallest absolute Gasteiger partial charge is 0.225 e. The maximum atomic E-state index is 11.1. The normalized spacial score (nSPS) is 9.67. The molecule has 0 saturated carbocycles. The van der Waals surface area contributed by atoms with E-state index in [0.29, 0.717) is 12.1 Å². The number of carbonyl (C=O) groups excluding carboxylic acids is 2. The van der Waals surface area contributed by atoms with E-state index in [9.17, 15) is 14.7 Å². The summed E-state index contributed by atoms with van der Waals surface area (Å²) in [5.41, 5.74) is 0.372. The second-order valence-electron chi connectivity index (χ2n) is 3.34. The molecule has 0 saturated heterocycles. The summed E-state index contributed by atoms with van der Waals surface area (Å²) in [6, 6.07) is 4.16. The van der Waals surface area contributed by atoms with E-state index >= 15 is 0 Å². The van der Waals surface area contributed by atoms with Gasteiger partial charge in [0.05, 0.1) is 11.0 Å². The Labute approximate surface area is 114 Å². The van der Waals surface area contributed by atoms with Crippen LogP contribution in [0.15, 0.2) is 18.2 Å². The van der Waals surface area contributed by atoms with Gasteiger partial charge in [0.15, 0.2) is 5.11 Å². The van der Waals surface area contributed by atoms with Gasteiger partial charge < -0.3 is 20.5 Å². The molecule has 0 atom stereocenters. The second kappa shape index (κ2) is 6.32. The molecular formula is C11H10ClN2O3S-. The zero-order valence-corrected chi connectivity index (χ0v) is 11.0. The fourth-order valence-electron chi connectivity index (χ4n) is 1.14. The molecule has 1 aromatic rings. The van der Waals surface area contributed by atoms with Gasteiger partial charge in [0.2, 0.25) is 5.91 Å². The SMILES string of the molecule is CCC(=O)NC(=S)Nc1ccc(C(=O)[O-])c(Cl)c1. The van der Waals surface area contributed by atoms with Crippen molar-refractivity contribution in [1.82, 2.24) is 5.32 Å². The third-order valence-corrected chi connectivity index (χ3v) is 2.54. The van der Waals surface area contributed by atoms with Gasteiger partial charge in [-0.1, -0.05) is 18.5 Å². The van der Waals surface area contributed by atoms with Gasteiger partial charge >= 0.3 is 0 Å². The van der Waals surface area contributed by atoms with Crippen LogP contribution in [0.25, 0.3) is 0 Å². The first kappa shape index (κ1) is 14.4. The number of anilines is 1. The van der Waals surface area contributed by atoms with E-state index in [0.717, 1.165) is 0 Å². The first-order valence-electron chi connectivity index (χ1n) is 5.05. The van der Waals surface area contributed by atoms with E-state index in [1.54, 1.807) is 6.92 Å². The van der Waals surface area contributed by atoms with Crippen molar-refractivity contribution < 1.29 is 14.7 Å². The average Bonchev–Trinajstić information content (AvgIpc) is 2.28. The number of amides is 1. The number of nitrogens with one attached hydrogen (secondary N) is 2. The van der Waals surface area contributed by atoms with Gasteiger partial charge in [0.1, 0.15) is 0 Å². The highest BCUT2D eigenvalue weighted by atomic mass is 35.5. The molecule has 0 radical (unpaired) electrons. The molecule has 0 aliphatic carbocycles. The minimum Gasteiger partial charge on any atom is -0.545 e. The maximum absolute atomic E-state index is 11.1. The quantitative estimate of drug-likeness (QED) is 0.808. The average molecular weight is 286 g/mol. The lowest BCUT2D eigenvalue weighted by molar-refractivity contribution is -0.255. The van der Waals surface area contributed by atoms with Crippen LogP contribution in [0.1, 0.15) is 23.7 Å². The summed E-state index contributed by atoms with van der Waals surface area (Å²) >= 11 is 10.6. The summed E-state index contributed by atoms with van der Waals surface area (Å²) in [5, 5.41) is 16.0. The van der Waals surface area contributed by atoms with Crippen LogP contribution in [0.2, 0.25) is 5.02 Å². The predicted octanol–water partition coefficient (Wildman–Crippen LogP) is 0.927. The fraction of sp³-hybridized carbons (Fsp3) is 0.182. The molecule has 1 aromatic carbocycles. The Balaban J connectivity index is 2.75. The molecular weight excluding hydrogens is 276 g/mol. The van der Waals surface area contributed by atoms with Crippen LogP contribution in [0.3, 0.4) is 0 Å². The van der Waals surface area contributed by atoms with Crippen LogP contribution in [0.4, 0.5) is 5.69 Å². The van der Waals surface area contributed by atoms with Crippen molar-refractivity contribution in [1.29, 1.82) is 0 Å². The molecule has 0 unspecified atom stereocenters. The second-order valence-corrected chi connectivity index (χ2v) is 4.15. The van der Waals surface area contributed by atoms with Gasteiger partial charge in [-0.25, -0.2) is 0 Å². The lowest BCUT2D eigenvalue weighted by atomic mass is 10.2. The first-order valence-corrected chi connectivity index (χ1v) is 5.84. The number of rotatable bonds is 3. The zero-order chi connectivity index (χ0) is 13.7. The van der Waals surface area contributed by atoms with Gasteiger partial charge in [-0.05, 0) is 30.4 Å². The monoisotopic (exact) mass is 285 g/mol. The summed E-state index contributed by atoms with van der Waals surface area (Å²) in [7, 11) is 0. The summed E-state index contributed by atoms with van der Waals surface area (Å²) in [6.07, 6.45) is 0.312. The topological polar surface area (TPSA) is 81.3 Å². The number of carbonyl (C=O) groups is 2. The van der Waals surface area contributed by atoms with Gasteiger partial charge in [-0.15, -0.1) is 0 Å². The highest BCUT2D eigenvalue weighted by Gasteiger charge is 2.05. The van der Waals surface area contributed by atoms with E-state index < -0.39 is 5.97 Å². The molecule has 0 aliphatic heterocycles. The summed E-state index contributed by atoms with van der Waals surface area (Å²) in [6.45, 7) is 1.70. The predicted molar refractivity (Wildman–Crippen MR) is 70.4 cm³/mol. The summed E-state index contributed by atoms with van der Waals surface area (Å²) < 4.78 is 0. The number of thiocarbonyl (C=S) groups is 1. The number of hydrogen-bond acceptors (Lipinski definition) is 4. The Kier molecular flexibility index (Phi) is 5.06. The molecule has 0 fully saturated rings. The highest BCUT2D eigenvalue weighted by Crippen LogP contribution is 2.20. The van der Waals surface area contributed by atoms with Crippen LogP contribution >= 0.6 is 23.8 Å². The van der Waals surface area contributed by atoms with Crippen molar-refractivity contribution >= 4 is 46.5 Å². The van der Waals surface area contributed by atoms with E-state index in [1.165, 1.54) is 18.2 Å². The Morgan fingerprint density at radius 1 is 1.44 bits per heavy atom. The van der Waals surface area contributed by atoms with Crippen molar-refractivity contribution in [2.24, 2.45) is 0 Å². The van der Waals surface area contributed by atoms with E-state index in [4.69, 9.17) is 23.8 Å². The van der Waals surface area contributed by atoms with Crippen LogP contribution in [-0.2, 0) is 4.79 Å². The molecule has 96 valence electrons. The van der Waals surface area contributed by atoms with Gasteiger partial charge in [-0.2, -0.15) is 0 Å². The standard InChI is InChI=1S/C11H11ClN2O3S/c1-2-9(15)14-11(18)13-6-3-4-7(10(16)17)8(12)5-6/h3-5H,2H2,1H3,(H,16,17)(H2,13,14,15,18)/p-1. The van der Waals surface area contributed by atoms with E-state index in [2.05, 4.69) is 10.6 Å². The fourth-order valence-corrected chi connectivity index (χ4v) is 1.63. The number of hydrogen-bond donors (Lipinski definition) is 2. The van der Waals surface area contributed by atoms with E-state index in [1.807, 2.05) is 0 Å². The van der Waals surface area contributed by atoms with Crippen LogP contribution in [0, 0.1) is 0 Å².